The third kappa shape index (κ3) is 2.69. The Labute approximate surface area is 108 Å². The van der Waals surface area contributed by atoms with Gasteiger partial charge in [0.25, 0.3) is 0 Å². The van der Waals surface area contributed by atoms with E-state index in [1.807, 2.05) is 6.92 Å². The number of piperazine rings is 1. The second-order valence-electron chi connectivity index (χ2n) is 4.52. The van der Waals surface area contributed by atoms with Crippen LogP contribution in [0.1, 0.15) is 18.3 Å². The van der Waals surface area contributed by atoms with Gasteiger partial charge < -0.3 is 9.80 Å². The summed E-state index contributed by atoms with van der Waals surface area (Å²) in [7, 11) is 2.15. The van der Waals surface area contributed by atoms with Gasteiger partial charge in [0.2, 0.25) is 0 Å². The molecule has 1 aliphatic heterocycles. The van der Waals surface area contributed by atoms with Crippen molar-refractivity contribution < 1.29 is 0 Å². The van der Waals surface area contributed by atoms with E-state index in [0.717, 1.165) is 49.8 Å². The number of aromatic nitrogens is 2. The molecule has 0 spiro atoms. The Kier molecular flexibility index (Phi) is 3.84. The van der Waals surface area contributed by atoms with Gasteiger partial charge in [0, 0.05) is 38.2 Å². The third-order valence-electron chi connectivity index (χ3n) is 3.23. The topological polar surface area (TPSA) is 32.3 Å². The van der Waals surface area contributed by atoms with Gasteiger partial charge in [0.15, 0.2) is 0 Å². The lowest BCUT2D eigenvalue weighted by atomic mass is 10.2. The molecule has 0 aromatic carbocycles. The molecule has 0 aliphatic carbocycles. The largest absolute Gasteiger partial charge is 0.354 e. The number of rotatable bonds is 2. The molecular weight excluding hydrogens is 236 g/mol. The molecular formula is C12H19ClN4. The highest BCUT2D eigenvalue weighted by Crippen LogP contribution is 2.24. The van der Waals surface area contributed by atoms with Crippen molar-refractivity contribution in [3.63, 3.8) is 0 Å². The summed E-state index contributed by atoms with van der Waals surface area (Å²) < 4.78 is 0. The van der Waals surface area contributed by atoms with Crippen molar-refractivity contribution in [2.75, 3.05) is 38.1 Å². The fourth-order valence-electron chi connectivity index (χ4n) is 2.00. The molecule has 0 N–H and O–H groups in total. The zero-order valence-corrected chi connectivity index (χ0v) is 11.5. The van der Waals surface area contributed by atoms with Crippen molar-refractivity contribution in [2.45, 2.75) is 20.3 Å². The Morgan fingerprint density at radius 1 is 1.18 bits per heavy atom. The van der Waals surface area contributed by atoms with E-state index in [4.69, 9.17) is 11.6 Å². The summed E-state index contributed by atoms with van der Waals surface area (Å²) in [5.41, 5.74) is 0.994. The fraction of sp³-hybridized carbons (Fsp3) is 0.667. The van der Waals surface area contributed by atoms with Crippen LogP contribution in [0, 0.1) is 6.92 Å². The van der Waals surface area contributed by atoms with Crippen LogP contribution >= 0.6 is 11.6 Å². The molecule has 1 aliphatic rings. The van der Waals surface area contributed by atoms with Crippen LogP contribution < -0.4 is 4.90 Å². The summed E-state index contributed by atoms with van der Waals surface area (Å²) in [6.07, 6.45) is 0.820. The zero-order valence-electron chi connectivity index (χ0n) is 10.7. The van der Waals surface area contributed by atoms with E-state index in [1.165, 1.54) is 0 Å². The molecule has 1 fully saturated rings. The number of hydrogen-bond donors (Lipinski definition) is 0. The second-order valence-corrected chi connectivity index (χ2v) is 4.88. The minimum atomic E-state index is 0.589. The van der Waals surface area contributed by atoms with Crippen LogP contribution in [0.5, 0.6) is 0 Å². The highest BCUT2D eigenvalue weighted by atomic mass is 35.5. The molecule has 4 nitrogen and oxygen atoms in total. The summed E-state index contributed by atoms with van der Waals surface area (Å²) in [5.74, 6) is 1.84. The Balaban J connectivity index is 2.27. The number of halogens is 1. The summed E-state index contributed by atoms with van der Waals surface area (Å²) in [6.45, 7) is 8.21. The van der Waals surface area contributed by atoms with Crippen LogP contribution in [0.3, 0.4) is 0 Å². The van der Waals surface area contributed by atoms with E-state index in [2.05, 4.69) is 33.7 Å². The van der Waals surface area contributed by atoms with Gasteiger partial charge in [-0.2, -0.15) is 0 Å². The molecule has 0 unspecified atom stereocenters. The van der Waals surface area contributed by atoms with E-state index in [-0.39, 0.29) is 0 Å². The fourth-order valence-corrected chi connectivity index (χ4v) is 2.19. The Hall–Kier alpha value is -0.870. The average Bonchev–Trinajstić information content (AvgIpc) is 2.34. The molecule has 2 heterocycles. The molecule has 0 saturated carbocycles. The monoisotopic (exact) mass is 254 g/mol. The molecule has 17 heavy (non-hydrogen) atoms. The summed E-state index contributed by atoms with van der Waals surface area (Å²) in [6, 6.07) is 0. The Morgan fingerprint density at radius 2 is 1.82 bits per heavy atom. The van der Waals surface area contributed by atoms with Gasteiger partial charge in [-0.15, -0.1) is 0 Å². The first-order chi connectivity index (χ1) is 8.11. The van der Waals surface area contributed by atoms with Crippen molar-refractivity contribution in [1.82, 2.24) is 14.9 Å². The third-order valence-corrected chi connectivity index (χ3v) is 3.59. The van der Waals surface area contributed by atoms with Gasteiger partial charge in [-0.25, -0.2) is 9.97 Å². The highest BCUT2D eigenvalue weighted by molar-refractivity contribution is 6.30. The molecule has 1 saturated heterocycles. The number of nitrogens with zero attached hydrogens (tertiary/aromatic N) is 4. The van der Waals surface area contributed by atoms with Crippen LogP contribution in [0.25, 0.3) is 0 Å². The number of aryl methyl sites for hydroxylation is 1. The molecule has 1 aromatic heterocycles. The minimum absolute atomic E-state index is 0.589. The van der Waals surface area contributed by atoms with Crippen LogP contribution in [0.4, 0.5) is 5.82 Å². The SMILES string of the molecule is CCc1nc(Cl)c(C)c(N2CCN(C)CC2)n1. The van der Waals surface area contributed by atoms with Crippen LogP contribution in [-0.2, 0) is 6.42 Å². The molecule has 0 bridgehead atoms. The van der Waals surface area contributed by atoms with Gasteiger partial charge >= 0.3 is 0 Å². The molecule has 0 amide bonds. The predicted molar refractivity (Wildman–Crippen MR) is 70.9 cm³/mol. The normalized spacial score (nSPS) is 17.5. The maximum atomic E-state index is 6.16. The maximum Gasteiger partial charge on any atom is 0.137 e. The quantitative estimate of drug-likeness (QED) is 0.753. The van der Waals surface area contributed by atoms with Gasteiger partial charge in [0.05, 0.1) is 0 Å². The van der Waals surface area contributed by atoms with Crippen LogP contribution in [0.2, 0.25) is 5.15 Å². The van der Waals surface area contributed by atoms with Crippen molar-refractivity contribution in [1.29, 1.82) is 0 Å². The smallest absolute Gasteiger partial charge is 0.137 e. The van der Waals surface area contributed by atoms with Crippen LogP contribution in [-0.4, -0.2) is 48.1 Å². The molecule has 0 atom stereocenters. The van der Waals surface area contributed by atoms with E-state index in [0.29, 0.717) is 5.15 Å². The van der Waals surface area contributed by atoms with E-state index in [9.17, 15) is 0 Å². The van der Waals surface area contributed by atoms with E-state index < -0.39 is 0 Å². The van der Waals surface area contributed by atoms with Crippen molar-refractivity contribution in [3.05, 3.63) is 16.5 Å². The van der Waals surface area contributed by atoms with Crippen LogP contribution in [0.15, 0.2) is 0 Å². The lowest BCUT2D eigenvalue weighted by Gasteiger charge is -2.34. The maximum absolute atomic E-state index is 6.16. The van der Waals surface area contributed by atoms with Crippen molar-refractivity contribution in [3.8, 4) is 0 Å². The highest BCUT2D eigenvalue weighted by Gasteiger charge is 2.19. The molecule has 94 valence electrons. The Bertz CT molecular complexity index is 400. The van der Waals surface area contributed by atoms with Gasteiger partial charge in [0.1, 0.15) is 16.8 Å². The minimum Gasteiger partial charge on any atom is -0.354 e. The molecule has 1 aromatic rings. The molecule has 5 heteroatoms. The lowest BCUT2D eigenvalue weighted by Crippen LogP contribution is -2.45. The van der Waals surface area contributed by atoms with Crippen molar-refractivity contribution >= 4 is 17.4 Å². The second kappa shape index (κ2) is 5.19. The van der Waals surface area contributed by atoms with Gasteiger partial charge in [-0.05, 0) is 14.0 Å². The lowest BCUT2D eigenvalue weighted by molar-refractivity contribution is 0.311. The number of hydrogen-bond acceptors (Lipinski definition) is 4. The zero-order chi connectivity index (χ0) is 12.4. The molecule has 0 radical (unpaired) electrons. The number of anilines is 1. The van der Waals surface area contributed by atoms with Crippen molar-refractivity contribution in [2.24, 2.45) is 0 Å². The first-order valence-corrected chi connectivity index (χ1v) is 6.46. The summed E-state index contributed by atoms with van der Waals surface area (Å²) >= 11 is 6.16. The van der Waals surface area contributed by atoms with E-state index >= 15 is 0 Å². The van der Waals surface area contributed by atoms with Gasteiger partial charge in [-0.3, -0.25) is 0 Å². The first kappa shape index (κ1) is 12.6. The summed E-state index contributed by atoms with van der Waals surface area (Å²) in [5, 5.41) is 0.589. The first-order valence-electron chi connectivity index (χ1n) is 6.08. The predicted octanol–water partition coefficient (Wildman–Crippen LogP) is 1.75. The standard InChI is InChI=1S/C12H19ClN4/c1-4-10-14-11(13)9(2)12(15-10)17-7-5-16(3)6-8-17/h4-8H2,1-3H3. The number of likely N-dealkylation sites (N-methyl/N-ethyl adjacent to an activating group) is 1. The molecule has 2 rings (SSSR count). The van der Waals surface area contributed by atoms with Gasteiger partial charge in [-0.1, -0.05) is 18.5 Å². The van der Waals surface area contributed by atoms with E-state index in [1.54, 1.807) is 0 Å². The Morgan fingerprint density at radius 3 is 2.41 bits per heavy atom. The average molecular weight is 255 g/mol. The summed E-state index contributed by atoms with van der Waals surface area (Å²) in [4.78, 5) is 13.5.